The van der Waals surface area contributed by atoms with Crippen molar-refractivity contribution in [1.29, 1.82) is 0 Å². The van der Waals surface area contributed by atoms with Crippen LogP contribution in [0.1, 0.15) is 6.23 Å². The molecule has 186 valence electrons. The minimum atomic E-state index is -5.71. The van der Waals surface area contributed by atoms with Crippen LogP contribution in [0.3, 0.4) is 0 Å². The van der Waals surface area contributed by atoms with Crippen molar-refractivity contribution in [2.45, 2.75) is 29.7 Å². The standard InChI is InChI=1S/C11H18N5O13P3S/c1-33-11-14-8(12)5-9(15-11)16(3-13-5)10-7(18)6(17)4(27-10)2-26-31(22,23)29-32(24,25)28-30(19,20)21/h3-4,6-7,10,17-18H,2H2,1H3,(H,22,23)(H,24,25)(H2,12,14,15)(H2,19,20,21)/t4-,6?,7+,10-/m1/s1. The first-order valence-corrected chi connectivity index (χ1v) is 14.2. The lowest BCUT2D eigenvalue weighted by molar-refractivity contribution is -0.0503. The first-order chi connectivity index (χ1) is 15.1. The summed E-state index contributed by atoms with van der Waals surface area (Å²) in [5.74, 6) is 0.0559. The highest BCUT2D eigenvalue weighted by molar-refractivity contribution is 7.98. The highest BCUT2D eigenvalue weighted by Crippen LogP contribution is 2.66. The number of phosphoric acid groups is 3. The van der Waals surface area contributed by atoms with Crippen LogP contribution < -0.4 is 5.73 Å². The first-order valence-electron chi connectivity index (χ1n) is 8.46. The molecule has 1 saturated heterocycles. The molecule has 1 fully saturated rings. The first kappa shape index (κ1) is 26.6. The monoisotopic (exact) mass is 553 g/mol. The molecule has 0 saturated carbocycles. The molecule has 8 N–H and O–H groups in total. The molecule has 2 aromatic rings. The smallest absolute Gasteiger partial charge is 0.387 e. The summed E-state index contributed by atoms with van der Waals surface area (Å²) in [5.41, 5.74) is 6.18. The van der Waals surface area contributed by atoms with E-state index in [1.54, 1.807) is 6.26 Å². The number of nitrogens with zero attached hydrogens (tertiary/aromatic N) is 4. The van der Waals surface area contributed by atoms with Gasteiger partial charge >= 0.3 is 23.5 Å². The zero-order valence-electron chi connectivity index (χ0n) is 16.3. The van der Waals surface area contributed by atoms with E-state index in [2.05, 4.69) is 28.1 Å². The highest BCUT2D eigenvalue weighted by Gasteiger charge is 2.47. The van der Waals surface area contributed by atoms with Gasteiger partial charge in [-0.3, -0.25) is 9.09 Å². The quantitative estimate of drug-likeness (QED) is 0.112. The fourth-order valence-electron chi connectivity index (χ4n) is 2.76. The van der Waals surface area contributed by atoms with Gasteiger partial charge in [0.15, 0.2) is 22.8 Å². The van der Waals surface area contributed by atoms with Crippen LogP contribution in [0.25, 0.3) is 11.2 Å². The van der Waals surface area contributed by atoms with Crippen LogP contribution in [0, 0.1) is 0 Å². The Hall–Kier alpha value is -1.01. The van der Waals surface area contributed by atoms with Crippen molar-refractivity contribution in [1.82, 2.24) is 19.5 Å². The molecule has 0 radical (unpaired) electrons. The number of nitrogens with two attached hydrogens (primary N) is 1. The number of rotatable bonds is 9. The van der Waals surface area contributed by atoms with Crippen molar-refractivity contribution in [2.75, 3.05) is 18.6 Å². The van der Waals surface area contributed by atoms with E-state index in [1.807, 2.05) is 0 Å². The van der Waals surface area contributed by atoms with Gasteiger partial charge in [-0.2, -0.15) is 8.62 Å². The van der Waals surface area contributed by atoms with E-state index in [0.717, 1.165) is 0 Å². The molecule has 33 heavy (non-hydrogen) atoms. The second-order valence-corrected chi connectivity index (χ2v) is 11.5. The van der Waals surface area contributed by atoms with Gasteiger partial charge in [0.25, 0.3) is 0 Å². The van der Waals surface area contributed by atoms with Gasteiger partial charge in [-0.05, 0) is 6.26 Å². The highest BCUT2D eigenvalue weighted by atomic mass is 32.2. The Morgan fingerprint density at radius 3 is 2.39 bits per heavy atom. The summed E-state index contributed by atoms with van der Waals surface area (Å²) in [6.07, 6.45) is -3.14. The molecule has 0 aromatic carbocycles. The molecule has 22 heteroatoms. The number of aromatic nitrogens is 4. The van der Waals surface area contributed by atoms with Crippen LogP contribution in [0.5, 0.6) is 0 Å². The fourth-order valence-corrected chi connectivity index (χ4v) is 6.16. The average molecular weight is 553 g/mol. The Balaban J connectivity index is 1.73. The van der Waals surface area contributed by atoms with Crippen molar-refractivity contribution in [3.63, 3.8) is 0 Å². The molecule has 0 bridgehead atoms. The fraction of sp³-hybridized carbons (Fsp3) is 0.545. The maximum Gasteiger partial charge on any atom is 0.490 e. The Morgan fingerprint density at radius 1 is 1.12 bits per heavy atom. The molecule has 3 heterocycles. The number of ether oxygens (including phenoxy) is 1. The van der Waals surface area contributed by atoms with E-state index in [1.165, 1.54) is 22.7 Å². The van der Waals surface area contributed by atoms with E-state index in [-0.39, 0.29) is 17.0 Å². The van der Waals surface area contributed by atoms with Gasteiger partial charge in [-0.15, -0.1) is 0 Å². The molecule has 0 aliphatic carbocycles. The largest absolute Gasteiger partial charge is 0.490 e. The lowest BCUT2D eigenvalue weighted by atomic mass is 10.1. The van der Waals surface area contributed by atoms with Crippen molar-refractivity contribution in [3.05, 3.63) is 6.33 Å². The molecule has 1 aliphatic rings. The molecule has 3 unspecified atom stereocenters. The lowest BCUT2D eigenvalue weighted by Gasteiger charge is -2.19. The molecular weight excluding hydrogens is 535 g/mol. The number of thioether (sulfide) groups is 1. The van der Waals surface area contributed by atoms with Crippen LogP contribution in [-0.2, 0) is 31.6 Å². The zero-order chi connectivity index (χ0) is 24.8. The van der Waals surface area contributed by atoms with Gasteiger partial charge in [-0.25, -0.2) is 28.6 Å². The molecule has 0 amide bonds. The summed E-state index contributed by atoms with van der Waals surface area (Å²) in [7, 11) is -16.7. The second kappa shape index (κ2) is 9.56. The predicted molar refractivity (Wildman–Crippen MR) is 107 cm³/mol. The van der Waals surface area contributed by atoms with E-state index in [0.29, 0.717) is 5.16 Å². The summed E-state index contributed by atoms with van der Waals surface area (Å²) >= 11 is 1.18. The SMILES string of the molecule is CSc1nc(N)c2ncn([C@@H]3O[C@H](COP(=O)(O)OP(=O)(O)OP(=O)(O)O)C(O)[C@@H]3O)c2n1. The van der Waals surface area contributed by atoms with E-state index < -0.39 is 54.6 Å². The van der Waals surface area contributed by atoms with Gasteiger partial charge < -0.3 is 40.3 Å². The third-order valence-corrected chi connectivity index (χ3v) is 8.39. The Labute approximate surface area is 188 Å². The number of anilines is 1. The topological polar surface area (TPSA) is 279 Å². The maximum atomic E-state index is 11.9. The van der Waals surface area contributed by atoms with Gasteiger partial charge in [0.1, 0.15) is 23.8 Å². The third-order valence-electron chi connectivity index (χ3n) is 4.04. The number of aliphatic hydroxyl groups excluding tert-OH is 2. The molecule has 2 aromatic heterocycles. The lowest BCUT2D eigenvalue weighted by Crippen LogP contribution is -2.33. The van der Waals surface area contributed by atoms with Crippen LogP contribution in [0.4, 0.5) is 5.82 Å². The second-order valence-electron chi connectivity index (χ2n) is 6.35. The zero-order valence-corrected chi connectivity index (χ0v) is 19.8. The van der Waals surface area contributed by atoms with Gasteiger partial charge in [0.05, 0.1) is 12.9 Å². The van der Waals surface area contributed by atoms with Crippen molar-refractivity contribution >= 4 is 52.2 Å². The summed E-state index contributed by atoms with van der Waals surface area (Å²) < 4.78 is 52.2. The van der Waals surface area contributed by atoms with Crippen molar-refractivity contribution in [2.24, 2.45) is 0 Å². The summed E-state index contributed by atoms with van der Waals surface area (Å²) in [4.78, 5) is 48.0. The number of phosphoric ester groups is 1. The predicted octanol–water partition coefficient (Wildman–Crippen LogP) is -0.907. The van der Waals surface area contributed by atoms with Crippen LogP contribution in [0.15, 0.2) is 11.5 Å². The minimum absolute atomic E-state index is 0.0559. The maximum absolute atomic E-state index is 11.9. The van der Waals surface area contributed by atoms with E-state index >= 15 is 0 Å². The van der Waals surface area contributed by atoms with Crippen LogP contribution in [0.2, 0.25) is 0 Å². The third kappa shape index (κ3) is 6.36. The Bertz CT molecular complexity index is 1170. The van der Waals surface area contributed by atoms with E-state index in [9.17, 15) is 28.8 Å². The number of hydrogen-bond acceptors (Lipinski definition) is 14. The number of fused-ring (bicyclic) bond motifs is 1. The molecule has 3 rings (SSSR count). The molecule has 6 atom stereocenters. The molecule has 0 spiro atoms. The average Bonchev–Trinajstić information content (AvgIpc) is 3.19. The number of nitrogen functional groups attached to an aromatic ring is 1. The van der Waals surface area contributed by atoms with Gasteiger partial charge in [0.2, 0.25) is 0 Å². The summed E-state index contributed by atoms with van der Waals surface area (Å²) in [6.45, 7) is -0.960. The molecule has 18 nitrogen and oxygen atoms in total. The number of aliphatic hydroxyl groups is 2. The normalized spacial score (nSPS) is 27.5. The number of hydrogen-bond donors (Lipinski definition) is 7. The van der Waals surface area contributed by atoms with Crippen molar-refractivity contribution < 1.29 is 61.4 Å². The van der Waals surface area contributed by atoms with Crippen molar-refractivity contribution in [3.8, 4) is 0 Å². The van der Waals surface area contributed by atoms with Crippen LogP contribution >= 0.6 is 35.2 Å². The van der Waals surface area contributed by atoms with Gasteiger partial charge in [-0.1, -0.05) is 11.8 Å². The molecule has 1 aliphatic heterocycles. The summed E-state index contributed by atoms with van der Waals surface area (Å²) in [5, 5.41) is 20.9. The number of imidazole rings is 1. The van der Waals surface area contributed by atoms with E-state index in [4.69, 9.17) is 25.2 Å². The minimum Gasteiger partial charge on any atom is -0.387 e. The Morgan fingerprint density at radius 2 is 1.79 bits per heavy atom. The molecular formula is C11H18N5O13P3S. The van der Waals surface area contributed by atoms with Crippen LogP contribution in [-0.4, -0.2) is 80.5 Å². The van der Waals surface area contributed by atoms with Gasteiger partial charge in [0, 0.05) is 0 Å². The Kier molecular flexibility index (Phi) is 7.71. The summed E-state index contributed by atoms with van der Waals surface area (Å²) in [6, 6.07) is 0.